The van der Waals surface area contributed by atoms with Crippen LogP contribution in [0.25, 0.3) is 0 Å². The third-order valence-electron chi connectivity index (χ3n) is 1.89. The minimum Gasteiger partial charge on any atom is -0.434 e. The van der Waals surface area contributed by atoms with E-state index in [1.54, 1.807) is 11.8 Å². The van der Waals surface area contributed by atoms with Crippen molar-refractivity contribution in [2.24, 2.45) is 0 Å². The normalized spacial score (nSPS) is 34.2. The zero-order valence-corrected chi connectivity index (χ0v) is 9.23. The van der Waals surface area contributed by atoms with Gasteiger partial charge >= 0.3 is 5.97 Å². The van der Waals surface area contributed by atoms with Gasteiger partial charge in [0.15, 0.2) is 0 Å². The molecule has 76 valence electrons. The molecule has 0 N–H and O–H groups in total. The Morgan fingerprint density at radius 1 is 1.69 bits per heavy atom. The maximum atomic E-state index is 10.8. The summed E-state index contributed by atoms with van der Waals surface area (Å²) in [5.74, 6) is 0.150. The number of alkyl halides is 1. The molecule has 13 heavy (non-hydrogen) atoms. The first kappa shape index (κ1) is 11.1. The van der Waals surface area contributed by atoms with Gasteiger partial charge in [-0.3, -0.25) is 4.79 Å². The van der Waals surface area contributed by atoms with Crippen LogP contribution < -0.4 is 0 Å². The van der Waals surface area contributed by atoms with Crippen molar-refractivity contribution in [3.05, 3.63) is 0 Å². The van der Waals surface area contributed by atoms with Crippen LogP contribution in [0.3, 0.4) is 0 Å². The SMILES string of the molecule is CC1OC(OC(=O)CCl)CSC1C. The van der Waals surface area contributed by atoms with Crippen molar-refractivity contribution >= 4 is 29.3 Å². The molecule has 5 heteroatoms. The summed E-state index contributed by atoms with van der Waals surface area (Å²) in [5, 5.41) is 0.450. The number of thioether (sulfide) groups is 1. The number of esters is 1. The summed E-state index contributed by atoms with van der Waals surface area (Å²) in [5.41, 5.74) is 0. The molecule has 1 rings (SSSR count). The molecule has 0 radical (unpaired) electrons. The Morgan fingerprint density at radius 3 is 2.92 bits per heavy atom. The highest BCUT2D eigenvalue weighted by atomic mass is 35.5. The minimum absolute atomic E-state index is 0.117. The van der Waals surface area contributed by atoms with Gasteiger partial charge in [0.25, 0.3) is 0 Å². The molecule has 1 fully saturated rings. The number of carbonyl (C=O) groups excluding carboxylic acids is 1. The fourth-order valence-electron chi connectivity index (χ4n) is 0.995. The summed E-state index contributed by atoms with van der Waals surface area (Å²) in [7, 11) is 0. The summed E-state index contributed by atoms with van der Waals surface area (Å²) in [6, 6.07) is 0. The van der Waals surface area contributed by atoms with Crippen molar-refractivity contribution in [1.29, 1.82) is 0 Å². The van der Waals surface area contributed by atoms with Crippen molar-refractivity contribution in [3.8, 4) is 0 Å². The highest BCUT2D eigenvalue weighted by molar-refractivity contribution is 8.00. The molecule has 1 aliphatic rings. The van der Waals surface area contributed by atoms with Gasteiger partial charge in [-0.15, -0.1) is 23.4 Å². The van der Waals surface area contributed by atoms with Crippen LogP contribution >= 0.6 is 23.4 Å². The lowest BCUT2D eigenvalue weighted by molar-refractivity contribution is -0.180. The quantitative estimate of drug-likeness (QED) is 0.528. The average Bonchev–Trinajstić information content (AvgIpc) is 2.11. The van der Waals surface area contributed by atoms with Crippen molar-refractivity contribution in [1.82, 2.24) is 0 Å². The standard InChI is InChI=1S/C8H13ClO3S/c1-5-6(2)13-4-8(11-5)12-7(10)3-9/h5-6,8H,3-4H2,1-2H3. The predicted molar refractivity (Wildman–Crippen MR) is 53.1 cm³/mol. The Labute approximate surface area is 87.1 Å². The monoisotopic (exact) mass is 224 g/mol. The molecule has 3 unspecified atom stereocenters. The van der Waals surface area contributed by atoms with Gasteiger partial charge in [0.2, 0.25) is 6.29 Å². The van der Waals surface area contributed by atoms with Gasteiger partial charge in [-0.2, -0.15) is 0 Å². The van der Waals surface area contributed by atoms with E-state index in [0.29, 0.717) is 11.0 Å². The van der Waals surface area contributed by atoms with E-state index in [-0.39, 0.29) is 12.0 Å². The molecule has 0 saturated carbocycles. The topological polar surface area (TPSA) is 35.5 Å². The summed E-state index contributed by atoms with van der Waals surface area (Å²) >= 11 is 7.04. The number of hydrogen-bond acceptors (Lipinski definition) is 4. The lowest BCUT2D eigenvalue weighted by Gasteiger charge is -2.31. The van der Waals surface area contributed by atoms with Gasteiger partial charge in [0, 0.05) is 5.25 Å². The molecule has 1 heterocycles. The molecular weight excluding hydrogens is 212 g/mol. The van der Waals surface area contributed by atoms with Crippen LogP contribution in [0.15, 0.2) is 0 Å². The van der Waals surface area contributed by atoms with Crippen molar-refractivity contribution in [3.63, 3.8) is 0 Å². The van der Waals surface area contributed by atoms with Gasteiger partial charge in [-0.1, -0.05) is 6.92 Å². The van der Waals surface area contributed by atoms with Crippen molar-refractivity contribution in [2.75, 3.05) is 11.6 Å². The van der Waals surface area contributed by atoms with E-state index in [1.165, 1.54) is 0 Å². The Bertz CT molecular complexity index is 188. The number of rotatable bonds is 2. The maximum absolute atomic E-state index is 10.8. The molecule has 3 nitrogen and oxygen atoms in total. The van der Waals surface area contributed by atoms with Crippen molar-refractivity contribution in [2.45, 2.75) is 31.5 Å². The molecule has 1 aliphatic heterocycles. The second-order valence-corrected chi connectivity index (χ2v) is 4.61. The molecule has 0 aromatic carbocycles. The molecular formula is C8H13ClO3S. The second-order valence-electron chi connectivity index (χ2n) is 2.93. The van der Waals surface area contributed by atoms with E-state index in [0.717, 1.165) is 0 Å². The molecule has 3 atom stereocenters. The molecule has 0 aromatic heterocycles. The van der Waals surface area contributed by atoms with E-state index in [9.17, 15) is 4.79 Å². The largest absolute Gasteiger partial charge is 0.434 e. The summed E-state index contributed by atoms with van der Waals surface area (Å²) in [6.07, 6.45) is -0.311. The van der Waals surface area contributed by atoms with Crippen LogP contribution in [-0.2, 0) is 14.3 Å². The summed E-state index contributed by atoms with van der Waals surface area (Å²) in [4.78, 5) is 10.8. The zero-order chi connectivity index (χ0) is 9.84. The fraction of sp³-hybridized carbons (Fsp3) is 0.875. The smallest absolute Gasteiger partial charge is 0.323 e. The first-order valence-corrected chi connectivity index (χ1v) is 5.74. The zero-order valence-electron chi connectivity index (χ0n) is 7.66. The van der Waals surface area contributed by atoms with Gasteiger partial charge in [0.05, 0.1) is 11.9 Å². The molecule has 0 amide bonds. The van der Waals surface area contributed by atoms with E-state index < -0.39 is 12.3 Å². The lowest BCUT2D eigenvalue weighted by Crippen LogP contribution is -2.37. The van der Waals surface area contributed by atoms with Crippen LogP contribution in [0.2, 0.25) is 0 Å². The van der Waals surface area contributed by atoms with E-state index >= 15 is 0 Å². The molecule has 0 spiro atoms. The highest BCUT2D eigenvalue weighted by Crippen LogP contribution is 2.25. The minimum atomic E-state index is -0.428. The predicted octanol–water partition coefficient (Wildman–Crippen LogP) is 1.63. The Hall–Kier alpha value is 0.0700. The number of hydrogen-bond donors (Lipinski definition) is 0. The highest BCUT2D eigenvalue weighted by Gasteiger charge is 2.27. The van der Waals surface area contributed by atoms with Gasteiger partial charge in [0.1, 0.15) is 5.88 Å². The molecule has 0 aliphatic carbocycles. The van der Waals surface area contributed by atoms with Gasteiger partial charge in [-0.25, -0.2) is 0 Å². The van der Waals surface area contributed by atoms with Crippen LogP contribution in [0.5, 0.6) is 0 Å². The first-order valence-electron chi connectivity index (χ1n) is 4.16. The maximum Gasteiger partial charge on any atom is 0.323 e. The van der Waals surface area contributed by atoms with Crippen LogP contribution in [0, 0.1) is 0 Å². The van der Waals surface area contributed by atoms with Crippen LogP contribution in [-0.4, -0.2) is 35.2 Å². The second kappa shape index (κ2) is 5.08. The van der Waals surface area contributed by atoms with E-state index in [2.05, 4.69) is 6.92 Å². The summed E-state index contributed by atoms with van der Waals surface area (Å²) in [6.45, 7) is 4.06. The van der Waals surface area contributed by atoms with Gasteiger partial charge in [-0.05, 0) is 6.92 Å². The molecule has 1 saturated heterocycles. The van der Waals surface area contributed by atoms with E-state index in [1.807, 2.05) is 6.92 Å². The fourth-order valence-corrected chi connectivity index (χ4v) is 2.00. The Balaban J connectivity index is 2.33. The third-order valence-corrected chi connectivity index (χ3v) is 3.49. The van der Waals surface area contributed by atoms with E-state index in [4.69, 9.17) is 21.1 Å². The van der Waals surface area contributed by atoms with Crippen LogP contribution in [0.4, 0.5) is 0 Å². The molecule has 0 aromatic rings. The number of ether oxygens (including phenoxy) is 2. The number of halogens is 1. The van der Waals surface area contributed by atoms with Crippen molar-refractivity contribution < 1.29 is 14.3 Å². The van der Waals surface area contributed by atoms with Crippen LogP contribution in [0.1, 0.15) is 13.8 Å². The lowest BCUT2D eigenvalue weighted by atomic mass is 10.3. The first-order chi connectivity index (χ1) is 6.13. The van der Waals surface area contributed by atoms with Gasteiger partial charge < -0.3 is 9.47 Å². The Kier molecular flexibility index (Phi) is 4.35. The summed E-state index contributed by atoms with van der Waals surface area (Å²) < 4.78 is 10.4. The third kappa shape index (κ3) is 3.37. The number of carbonyl (C=O) groups is 1. The average molecular weight is 225 g/mol. The Morgan fingerprint density at radius 2 is 2.38 bits per heavy atom. The molecule has 0 bridgehead atoms.